The number of hydrogen-bond acceptors (Lipinski definition) is 14. The molecule has 15 fully saturated rings. The summed E-state index contributed by atoms with van der Waals surface area (Å²) in [7, 11) is -5.58. The number of ether oxygens (including phenoxy) is 7. The summed E-state index contributed by atoms with van der Waals surface area (Å²) in [5.41, 5.74) is -0.220. The van der Waals surface area contributed by atoms with Gasteiger partial charge < -0.3 is 51.5 Å². The van der Waals surface area contributed by atoms with E-state index in [0.717, 1.165) is 57.8 Å². The highest BCUT2D eigenvalue weighted by atomic mass is 28.4. The highest BCUT2D eigenvalue weighted by molar-refractivity contribution is 6.75. The van der Waals surface area contributed by atoms with Crippen LogP contribution in [0.25, 0.3) is 0 Å². The van der Waals surface area contributed by atoms with E-state index in [1.54, 1.807) is 0 Å². The second-order valence-corrected chi connectivity index (χ2v) is 58.4. The number of aliphatic hydroxyl groups is 1. The van der Waals surface area contributed by atoms with Crippen molar-refractivity contribution in [2.45, 2.75) is 411 Å². The van der Waals surface area contributed by atoms with Gasteiger partial charge in [-0.15, -0.1) is 0 Å². The van der Waals surface area contributed by atoms with E-state index < -0.39 is 59.6 Å². The van der Waals surface area contributed by atoms with Crippen LogP contribution in [-0.2, 0) is 60.8 Å². The summed E-state index contributed by atoms with van der Waals surface area (Å²) < 4.78 is 67.5. The highest BCUT2D eigenvalue weighted by Gasteiger charge is 2.85. The Labute approximate surface area is 613 Å². The smallest absolute Gasteiger partial charge is 0.192 e. The lowest BCUT2D eigenvalue weighted by molar-refractivity contribution is -0.260. The molecule has 1 spiro atoms. The van der Waals surface area contributed by atoms with Gasteiger partial charge in [0.1, 0.15) is 41.4 Å². The lowest BCUT2D eigenvalue weighted by Crippen LogP contribution is -2.72. The van der Waals surface area contributed by atoms with E-state index in [1.807, 2.05) is 47.6 Å². The third kappa shape index (κ3) is 11.4. The van der Waals surface area contributed by atoms with Crippen LogP contribution in [0.3, 0.4) is 0 Å². The van der Waals surface area contributed by atoms with Crippen molar-refractivity contribution in [3.8, 4) is 0 Å². The van der Waals surface area contributed by atoms with Gasteiger partial charge in [0.05, 0.1) is 36.6 Å². The van der Waals surface area contributed by atoms with Gasteiger partial charge in [0.2, 0.25) is 0 Å². The standard InChI is InChI=1S/C28H46O5Si.C28H48O5Si.C28H46O4Si/c1-24(2,3)34(8,9)33-19-11-10-16-20-17(12-14-26(16,19)6)27(7)15-13-18(29)22-28(27,32-22)23-21(20)30-25(4,5)31-23;1-24(2,3)34(8,9)33-20-11-10-18-21-19(13-14-26(18,20)6)27(7)15-12-17(29)16-28(27,30)23-22(21)31-25(4,5)32-23;1-25(2,3)33(8,9)32-21-11-10-18-22-19(13-15-28(18,21)7)27(6)14-12-17(29)16-20(27)23-24(22)31-26(4,5)30-23/h16-17,19-23H,10-15H2,1-9H3;18-23,30H,10-16H2,1-9H3;16,18-19,21-24H,10-15H2,1-9H3/t16?,17?,19-,20?,21+,22?,23-,26-,27+,28?;18?,19?,20-,21?,22+,23-,26-,27+,28?;18?,19?,21-,22?,23+,24+,27+,28-/m000/s1. The molecule has 4 aliphatic heterocycles. The predicted molar refractivity (Wildman–Crippen MR) is 401 cm³/mol. The molecule has 16 aliphatic rings. The zero-order chi connectivity index (χ0) is 74.0. The van der Waals surface area contributed by atoms with Gasteiger partial charge in [-0.1, -0.05) is 104 Å². The zero-order valence-electron chi connectivity index (χ0n) is 68.2. The van der Waals surface area contributed by atoms with Crippen LogP contribution in [0.4, 0.5) is 0 Å². The number of epoxide rings is 1. The summed E-state index contributed by atoms with van der Waals surface area (Å²) in [5, 5.41) is 12.9. The molecule has 1 N–H and O–H groups in total. The Bertz CT molecular complexity index is 3210. The molecule has 572 valence electrons. The molecular weight excluding hydrogens is 1320 g/mol. The Balaban J connectivity index is 0.000000129. The molecule has 0 bridgehead atoms. The largest absolute Gasteiger partial charge is 0.413 e. The molecule has 17 heteroatoms. The van der Waals surface area contributed by atoms with Crippen LogP contribution in [0, 0.1) is 85.8 Å². The summed E-state index contributed by atoms with van der Waals surface area (Å²) >= 11 is 0. The minimum atomic E-state index is -1.88. The SMILES string of the molecule is CC1(C)O[C@@H]2C3=CC(=O)CC[C@]3(C)C3CC[C@@]4(C)C(CC[C@@H]4O[Si](C)(C)C(C)(C)C)C3[C@H]2O1.CC1(C)O[C@@H]2C3C4CC[C@H](O[Si](C)(C)C(C)(C)C)[C@@]4(C)CCC3[C@@]3(C)CCC(=O)C4OC43[C@H]2O1.CC1(C)O[C@@H]2C3C4CC[C@H](O[Si](C)(C)C(C)(C)C)[C@@]4(C)CCC3[C@@]3(C)CCC(=O)CC3(O)[C@H]2O1. The van der Waals surface area contributed by atoms with Crippen molar-refractivity contribution in [1.29, 1.82) is 0 Å². The molecule has 0 aromatic carbocycles. The molecule has 0 aromatic heterocycles. The van der Waals surface area contributed by atoms with Crippen LogP contribution >= 0.6 is 0 Å². The van der Waals surface area contributed by atoms with Crippen LogP contribution in [0.2, 0.25) is 54.4 Å². The van der Waals surface area contributed by atoms with Crippen LogP contribution in [0.15, 0.2) is 11.6 Å². The Morgan fingerprint density at radius 2 is 0.822 bits per heavy atom. The molecule has 12 aliphatic carbocycles. The number of hydrogen-bond donors (Lipinski definition) is 1. The van der Waals surface area contributed by atoms with Crippen molar-refractivity contribution in [3.05, 3.63) is 11.6 Å². The van der Waals surface area contributed by atoms with E-state index in [9.17, 15) is 19.5 Å². The van der Waals surface area contributed by atoms with Crippen molar-refractivity contribution in [2.75, 3.05) is 0 Å². The fraction of sp³-hybridized carbons (Fsp3) is 0.940. The van der Waals surface area contributed by atoms with Crippen molar-refractivity contribution < 1.29 is 65.9 Å². The molecule has 27 atom stereocenters. The molecule has 0 radical (unpaired) electrons. The molecular formula is C84H140O14Si3. The summed E-state index contributed by atoms with van der Waals surface area (Å²) in [6, 6.07) is 0. The first-order chi connectivity index (χ1) is 46.1. The maximum absolute atomic E-state index is 12.8. The monoisotopic (exact) mass is 1460 g/mol. The zero-order valence-corrected chi connectivity index (χ0v) is 71.2. The molecule has 0 amide bonds. The van der Waals surface area contributed by atoms with Gasteiger partial charge in [0.15, 0.2) is 53.9 Å². The minimum absolute atomic E-state index is 0.000205. The number of Topliss-reactive ketones (excluding diaryl/α,β-unsaturated/α-hetero) is 2. The summed E-state index contributed by atoms with van der Waals surface area (Å²) in [5.74, 6) is 3.00. The fourth-order valence-electron chi connectivity index (χ4n) is 25.9. The predicted octanol–water partition coefficient (Wildman–Crippen LogP) is 18.4. The molecule has 0 aromatic rings. The number of carbonyl (C=O) groups is 3. The fourth-order valence-corrected chi connectivity index (χ4v) is 30.2. The quantitative estimate of drug-likeness (QED) is 0.197. The van der Waals surface area contributed by atoms with E-state index in [4.69, 9.17) is 46.4 Å². The molecule has 11 saturated carbocycles. The van der Waals surface area contributed by atoms with Crippen molar-refractivity contribution in [1.82, 2.24) is 0 Å². The Morgan fingerprint density at radius 3 is 1.29 bits per heavy atom. The summed E-state index contributed by atoms with van der Waals surface area (Å²) in [6.45, 7) is 62.1. The maximum Gasteiger partial charge on any atom is 0.192 e. The van der Waals surface area contributed by atoms with Gasteiger partial charge in [0.25, 0.3) is 0 Å². The Kier molecular flexibility index (Phi) is 18.0. The average molecular weight is 1460 g/mol. The average Bonchev–Trinajstić information content (AvgIpc) is 1.49. The van der Waals surface area contributed by atoms with Crippen molar-refractivity contribution in [3.63, 3.8) is 0 Å². The van der Waals surface area contributed by atoms with E-state index in [2.05, 4.69) is 143 Å². The van der Waals surface area contributed by atoms with Crippen LogP contribution in [-0.4, -0.2) is 137 Å². The van der Waals surface area contributed by atoms with Crippen LogP contribution in [0.1, 0.15) is 267 Å². The lowest BCUT2D eigenvalue weighted by Gasteiger charge is -2.65. The van der Waals surface area contributed by atoms with Gasteiger partial charge in [0, 0.05) is 36.5 Å². The third-order valence-corrected chi connectivity index (χ3v) is 48.1. The normalized spacial score (nSPS) is 50.2. The molecule has 16 rings (SSSR count). The first kappa shape index (κ1) is 76.7. The van der Waals surface area contributed by atoms with Crippen LogP contribution in [0.5, 0.6) is 0 Å². The molecule has 14 nitrogen and oxygen atoms in total. The third-order valence-electron chi connectivity index (χ3n) is 34.6. The van der Waals surface area contributed by atoms with Gasteiger partial charge in [-0.3, -0.25) is 14.4 Å². The first-order valence-electron chi connectivity index (χ1n) is 40.9. The molecule has 4 heterocycles. The van der Waals surface area contributed by atoms with E-state index in [0.29, 0.717) is 84.7 Å². The number of rotatable bonds is 6. The number of fused-ring (bicyclic) bond motifs is 22. The second kappa shape index (κ2) is 23.8. The van der Waals surface area contributed by atoms with E-state index in [-0.39, 0.29) is 114 Å². The highest BCUT2D eigenvalue weighted by Crippen LogP contribution is 2.76. The first-order valence-corrected chi connectivity index (χ1v) is 49.6. The van der Waals surface area contributed by atoms with Gasteiger partial charge in [-0.25, -0.2) is 0 Å². The summed E-state index contributed by atoms with van der Waals surface area (Å²) in [6.07, 6.45) is 20.5. The Hall–Kier alpha value is -1.04. The summed E-state index contributed by atoms with van der Waals surface area (Å²) in [4.78, 5) is 37.9. The van der Waals surface area contributed by atoms with Gasteiger partial charge in [-0.2, -0.15) is 0 Å². The number of ketones is 3. The molecule has 12 unspecified atom stereocenters. The van der Waals surface area contributed by atoms with Crippen LogP contribution < -0.4 is 0 Å². The van der Waals surface area contributed by atoms with E-state index in [1.165, 1.54) is 44.1 Å². The maximum atomic E-state index is 12.8. The van der Waals surface area contributed by atoms with Gasteiger partial charge >= 0.3 is 0 Å². The molecule has 4 saturated heterocycles. The Morgan fingerprint density at radius 1 is 0.426 bits per heavy atom. The topological polar surface area (TPSA) is 167 Å². The second-order valence-electron chi connectivity index (χ2n) is 44.1. The minimum Gasteiger partial charge on any atom is -0.413 e. The number of carbonyl (C=O) groups excluding carboxylic acids is 3. The van der Waals surface area contributed by atoms with Crippen molar-refractivity contribution >= 4 is 42.3 Å². The molecule has 101 heavy (non-hydrogen) atoms. The van der Waals surface area contributed by atoms with Crippen molar-refractivity contribution in [2.24, 2.45) is 85.8 Å². The van der Waals surface area contributed by atoms with E-state index >= 15 is 0 Å². The van der Waals surface area contributed by atoms with Gasteiger partial charge in [-0.05, 0) is 279 Å². The lowest BCUT2D eigenvalue weighted by atomic mass is 9.42.